The maximum Gasteiger partial charge on any atom is 0.229 e. The maximum absolute atomic E-state index is 12.7. The molecule has 0 spiro atoms. The van der Waals surface area contributed by atoms with Crippen molar-refractivity contribution >= 4 is 16.9 Å². The summed E-state index contributed by atoms with van der Waals surface area (Å²) in [4.78, 5) is 22.4. The van der Waals surface area contributed by atoms with E-state index in [-0.39, 0.29) is 11.8 Å². The standard InChI is InChI=1S/C20H21N3O2/c1-23(11-10-19-21-16-7-3-4-8-17(16)22-19)20(24)15-12-14-6-2-5-9-18(14)25-13-15/h2-9,15H,10-13H2,1H3,(H,21,22)/t15-/m1/s1. The number of aromatic amines is 1. The van der Waals surface area contributed by atoms with Gasteiger partial charge >= 0.3 is 0 Å². The van der Waals surface area contributed by atoms with Gasteiger partial charge in [-0.2, -0.15) is 0 Å². The Balaban J connectivity index is 1.38. The molecule has 1 amide bonds. The van der Waals surface area contributed by atoms with Gasteiger partial charge in [0.1, 0.15) is 18.2 Å². The van der Waals surface area contributed by atoms with Crippen molar-refractivity contribution < 1.29 is 9.53 Å². The summed E-state index contributed by atoms with van der Waals surface area (Å²) in [6, 6.07) is 15.9. The van der Waals surface area contributed by atoms with E-state index in [0.717, 1.165) is 34.6 Å². The average Bonchev–Trinajstić information content (AvgIpc) is 3.08. The highest BCUT2D eigenvalue weighted by atomic mass is 16.5. The van der Waals surface area contributed by atoms with E-state index in [9.17, 15) is 4.79 Å². The monoisotopic (exact) mass is 335 g/mol. The van der Waals surface area contributed by atoms with E-state index in [1.807, 2.05) is 55.6 Å². The van der Waals surface area contributed by atoms with Gasteiger partial charge in [0.25, 0.3) is 0 Å². The first-order valence-electron chi connectivity index (χ1n) is 8.60. The Morgan fingerprint density at radius 2 is 2.04 bits per heavy atom. The second-order valence-corrected chi connectivity index (χ2v) is 6.53. The predicted molar refractivity (Wildman–Crippen MR) is 96.6 cm³/mol. The Labute approximate surface area is 146 Å². The third-order valence-electron chi connectivity index (χ3n) is 4.73. The van der Waals surface area contributed by atoms with Crippen LogP contribution in [0.5, 0.6) is 5.75 Å². The Bertz CT molecular complexity index is 870. The topological polar surface area (TPSA) is 58.2 Å². The van der Waals surface area contributed by atoms with E-state index >= 15 is 0 Å². The number of nitrogens with one attached hydrogen (secondary N) is 1. The minimum Gasteiger partial charge on any atom is -0.492 e. The molecule has 0 saturated heterocycles. The molecule has 1 atom stereocenters. The summed E-state index contributed by atoms with van der Waals surface area (Å²) in [5.41, 5.74) is 3.10. The van der Waals surface area contributed by atoms with Crippen molar-refractivity contribution in [2.24, 2.45) is 5.92 Å². The number of imidazole rings is 1. The fraction of sp³-hybridized carbons (Fsp3) is 0.300. The molecular weight excluding hydrogens is 314 g/mol. The average molecular weight is 335 g/mol. The van der Waals surface area contributed by atoms with Crippen LogP contribution in [0.15, 0.2) is 48.5 Å². The lowest BCUT2D eigenvalue weighted by atomic mass is 9.95. The Kier molecular flexibility index (Phi) is 4.14. The summed E-state index contributed by atoms with van der Waals surface area (Å²) in [7, 11) is 1.85. The number of H-pyrrole nitrogens is 1. The SMILES string of the molecule is CN(CCc1nc2ccccc2[nH]1)C(=O)[C@H]1COc2ccccc2C1. The lowest BCUT2D eigenvalue weighted by molar-refractivity contribution is -0.135. The zero-order valence-electron chi connectivity index (χ0n) is 14.2. The number of hydrogen-bond acceptors (Lipinski definition) is 3. The van der Waals surface area contributed by atoms with E-state index in [1.54, 1.807) is 4.90 Å². The maximum atomic E-state index is 12.7. The molecule has 1 aliphatic heterocycles. The summed E-state index contributed by atoms with van der Waals surface area (Å²) >= 11 is 0. The molecule has 2 heterocycles. The number of carbonyl (C=O) groups excluding carboxylic acids is 1. The van der Waals surface area contributed by atoms with Gasteiger partial charge in [0.05, 0.1) is 17.0 Å². The van der Waals surface area contributed by atoms with Crippen LogP contribution in [0.1, 0.15) is 11.4 Å². The number of nitrogens with zero attached hydrogens (tertiary/aromatic N) is 2. The highest BCUT2D eigenvalue weighted by Crippen LogP contribution is 2.27. The third kappa shape index (κ3) is 3.22. The smallest absolute Gasteiger partial charge is 0.229 e. The minimum absolute atomic E-state index is 0.115. The number of benzene rings is 2. The van der Waals surface area contributed by atoms with Crippen LogP contribution in [0.3, 0.4) is 0 Å². The van der Waals surface area contributed by atoms with Crippen LogP contribution in [0.4, 0.5) is 0 Å². The molecule has 3 aromatic rings. The number of fused-ring (bicyclic) bond motifs is 2. The van der Waals surface area contributed by atoms with Crippen molar-refractivity contribution in [3.63, 3.8) is 0 Å². The van der Waals surface area contributed by atoms with Crippen molar-refractivity contribution in [1.82, 2.24) is 14.9 Å². The summed E-state index contributed by atoms with van der Waals surface area (Å²) < 4.78 is 5.74. The van der Waals surface area contributed by atoms with Gasteiger partial charge in [-0.1, -0.05) is 30.3 Å². The summed E-state index contributed by atoms with van der Waals surface area (Å²) in [6.07, 6.45) is 1.45. The lowest BCUT2D eigenvalue weighted by Crippen LogP contribution is -2.39. The molecule has 0 radical (unpaired) electrons. The number of hydrogen-bond donors (Lipinski definition) is 1. The summed E-state index contributed by atoms with van der Waals surface area (Å²) in [5, 5.41) is 0. The van der Waals surface area contributed by atoms with Gasteiger partial charge in [0.2, 0.25) is 5.91 Å². The molecule has 0 aliphatic carbocycles. The molecule has 5 heteroatoms. The van der Waals surface area contributed by atoms with Gasteiger partial charge in [-0.15, -0.1) is 0 Å². The predicted octanol–water partition coefficient (Wildman–Crippen LogP) is 2.82. The molecule has 128 valence electrons. The highest BCUT2D eigenvalue weighted by Gasteiger charge is 2.28. The largest absolute Gasteiger partial charge is 0.492 e. The molecule has 0 saturated carbocycles. The van der Waals surface area contributed by atoms with Crippen molar-refractivity contribution in [3.05, 3.63) is 59.9 Å². The number of carbonyl (C=O) groups is 1. The quantitative estimate of drug-likeness (QED) is 0.797. The second kappa shape index (κ2) is 6.59. The molecule has 2 aromatic carbocycles. The van der Waals surface area contributed by atoms with Gasteiger partial charge in [0, 0.05) is 20.0 Å². The molecule has 1 aromatic heterocycles. The number of ether oxygens (including phenoxy) is 1. The van der Waals surface area contributed by atoms with Crippen LogP contribution in [-0.4, -0.2) is 41.0 Å². The van der Waals surface area contributed by atoms with Crippen LogP contribution in [0.2, 0.25) is 0 Å². The van der Waals surface area contributed by atoms with Gasteiger partial charge in [-0.05, 0) is 30.2 Å². The molecular formula is C20H21N3O2. The Morgan fingerprint density at radius 1 is 1.24 bits per heavy atom. The zero-order valence-corrected chi connectivity index (χ0v) is 14.2. The lowest BCUT2D eigenvalue weighted by Gasteiger charge is -2.28. The van der Waals surface area contributed by atoms with Crippen LogP contribution in [-0.2, 0) is 17.6 Å². The van der Waals surface area contributed by atoms with E-state index in [1.165, 1.54) is 0 Å². The number of rotatable bonds is 4. The Morgan fingerprint density at radius 3 is 2.92 bits per heavy atom. The third-order valence-corrected chi connectivity index (χ3v) is 4.73. The molecule has 4 rings (SSSR count). The van der Waals surface area contributed by atoms with E-state index < -0.39 is 0 Å². The first-order valence-corrected chi connectivity index (χ1v) is 8.60. The van der Waals surface area contributed by atoms with Gasteiger partial charge in [-0.3, -0.25) is 4.79 Å². The normalized spacial score (nSPS) is 16.3. The molecule has 1 N–H and O–H groups in total. The number of amides is 1. The van der Waals surface area contributed by atoms with Crippen molar-refractivity contribution in [2.75, 3.05) is 20.2 Å². The van der Waals surface area contributed by atoms with Crippen LogP contribution >= 0.6 is 0 Å². The number of likely N-dealkylation sites (N-methyl/N-ethyl adjacent to an activating group) is 1. The fourth-order valence-corrected chi connectivity index (χ4v) is 3.31. The minimum atomic E-state index is -0.115. The van der Waals surface area contributed by atoms with Crippen LogP contribution in [0, 0.1) is 5.92 Å². The van der Waals surface area contributed by atoms with E-state index in [2.05, 4.69) is 9.97 Å². The molecule has 25 heavy (non-hydrogen) atoms. The second-order valence-electron chi connectivity index (χ2n) is 6.53. The van der Waals surface area contributed by atoms with E-state index in [4.69, 9.17) is 4.74 Å². The number of para-hydroxylation sites is 3. The van der Waals surface area contributed by atoms with Gasteiger partial charge < -0.3 is 14.6 Å². The molecule has 0 unspecified atom stereocenters. The van der Waals surface area contributed by atoms with Crippen LogP contribution in [0.25, 0.3) is 11.0 Å². The molecule has 0 bridgehead atoms. The first kappa shape index (κ1) is 15.7. The van der Waals surface area contributed by atoms with Gasteiger partial charge in [-0.25, -0.2) is 4.98 Å². The molecule has 1 aliphatic rings. The summed E-state index contributed by atoms with van der Waals surface area (Å²) in [5.74, 6) is 1.82. The van der Waals surface area contributed by atoms with Crippen molar-refractivity contribution in [3.8, 4) is 5.75 Å². The zero-order chi connectivity index (χ0) is 17.2. The first-order chi connectivity index (χ1) is 12.2. The van der Waals surface area contributed by atoms with Crippen molar-refractivity contribution in [1.29, 1.82) is 0 Å². The summed E-state index contributed by atoms with van der Waals surface area (Å²) in [6.45, 7) is 1.08. The fourth-order valence-electron chi connectivity index (χ4n) is 3.31. The molecule has 0 fully saturated rings. The highest BCUT2D eigenvalue weighted by molar-refractivity contribution is 5.79. The van der Waals surface area contributed by atoms with Crippen LogP contribution < -0.4 is 4.74 Å². The molecule has 5 nitrogen and oxygen atoms in total. The van der Waals surface area contributed by atoms with Crippen molar-refractivity contribution in [2.45, 2.75) is 12.8 Å². The van der Waals surface area contributed by atoms with E-state index in [0.29, 0.717) is 19.6 Å². The number of aromatic nitrogens is 2. The van der Waals surface area contributed by atoms with Gasteiger partial charge in [0.15, 0.2) is 0 Å². The Hall–Kier alpha value is -2.82.